The molecule has 6 rings (SSSR count). The van der Waals surface area contributed by atoms with Crippen LogP contribution < -0.4 is 14.8 Å². The van der Waals surface area contributed by atoms with E-state index in [0.29, 0.717) is 25.3 Å². The van der Waals surface area contributed by atoms with E-state index in [0.717, 1.165) is 64.0 Å². The van der Waals surface area contributed by atoms with E-state index >= 15 is 0 Å². The van der Waals surface area contributed by atoms with Crippen LogP contribution >= 0.6 is 22.7 Å². The molecule has 13 heteroatoms. The Labute approximate surface area is 289 Å². The predicted molar refractivity (Wildman–Crippen MR) is 184 cm³/mol. The Morgan fingerprint density at radius 2 is 1.47 bits per heavy atom. The lowest BCUT2D eigenvalue weighted by atomic mass is 9.95. The third kappa shape index (κ3) is 9.12. The van der Waals surface area contributed by atoms with Crippen LogP contribution in [0.25, 0.3) is 11.3 Å². The number of para-hydroxylation sites is 1. The van der Waals surface area contributed by atoms with Crippen molar-refractivity contribution >= 4 is 22.7 Å². The minimum Gasteiger partial charge on any atom is -0.487 e. The van der Waals surface area contributed by atoms with Gasteiger partial charge < -0.3 is 19.9 Å². The maximum absolute atomic E-state index is 13.1. The number of hydrogen-bond acceptors (Lipinski definition) is 9. The van der Waals surface area contributed by atoms with Crippen molar-refractivity contribution in [2.45, 2.75) is 51.4 Å². The second-order valence-electron chi connectivity index (χ2n) is 11.5. The second kappa shape index (κ2) is 15.3. The maximum Gasteiger partial charge on any atom is 0.421 e. The number of nitrogens with one attached hydrogen (secondary N) is 1. The van der Waals surface area contributed by atoms with Crippen LogP contribution in [0.3, 0.4) is 0 Å². The normalized spacial score (nSPS) is 12.9. The standard InChI is InChI=1S/C36H34F3N5O3S2/c1-35(45,36(37,38)39)27-11-13-31(14-12-27)46-21-29-24-48-33(42-29)19-25-7-9-26(10-8-25)32-15-17-44(43-32)18-16-40-20-28-23-49-34(41-28)22-47-30-5-3-2-4-6-30/h2-15,17,23-24,40,45H,16,18-22H2,1H3. The Balaban J connectivity index is 0.922. The van der Waals surface area contributed by atoms with E-state index in [1.807, 2.05) is 52.7 Å². The van der Waals surface area contributed by atoms with Gasteiger partial charge in [0.25, 0.3) is 0 Å². The zero-order valence-corrected chi connectivity index (χ0v) is 28.2. The second-order valence-corrected chi connectivity index (χ2v) is 13.3. The predicted octanol–water partition coefficient (Wildman–Crippen LogP) is 7.77. The molecule has 6 aromatic rings. The van der Waals surface area contributed by atoms with Crippen molar-refractivity contribution in [1.29, 1.82) is 0 Å². The number of alkyl halides is 3. The molecule has 1 atom stereocenters. The summed E-state index contributed by atoms with van der Waals surface area (Å²) in [6.45, 7) is 3.53. The van der Waals surface area contributed by atoms with Gasteiger partial charge in [0.05, 0.1) is 28.6 Å². The van der Waals surface area contributed by atoms with Crippen LogP contribution in [-0.4, -0.2) is 37.6 Å². The SMILES string of the molecule is CC(O)(c1ccc(OCc2csc(Cc3ccc(-c4ccn(CCNCc5csc(COc6ccccc6)n5)n4)cc3)n2)cc1)C(F)(F)F. The Morgan fingerprint density at radius 3 is 2.22 bits per heavy atom. The number of thiazole rings is 2. The molecule has 0 spiro atoms. The van der Waals surface area contributed by atoms with Crippen molar-refractivity contribution in [3.63, 3.8) is 0 Å². The van der Waals surface area contributed by atoms with E-state index in [4.69, 9.17) is 14.6 Å². The number of halogens is 3. The quantitative estimate of drug-likeness (QED) is 0.106. The van der Waals surface area contributed by atoms with Gasteiger partial charge in [-0.15, -0.1) is 22.7 Å². The molecule has 0 fully saturated rings. The van der Waals surface area contributed by atoms with Crippen LogP contribution in [0.5, 0.6) is 11.5 Å². The molecule has 0 aliphatic rings. The van der Waals surface area contributed by atoms with Gasteiger partial charge >= 0.3 is 6.18 Å². The summed E-state index contributed by atoms with van der Waals surface area (Å²) in [4.78, 5) is 9.29. The third-order valence-corrected chi connectivity index (χ3v) is 9.50. The molecular formula is C36H34F3N5O3S2. The zero-order chi connectivity index (χ0) is 34.3. The van der Waals surface area contributed by atoms with Crippen molar-refractivity contribution in [1.82, 2.24) is 25.1 Å². The molecule has 1 unspecified atom stereocenters. The molecule has 3 aromatic heterocycles. The molecule has 0 aliphatic carbocycles. The molecule has 0 amide bonds. The highest BCUT2D eigenvalue weighted by Crippen LogP contribution is 2.38. The van der Waals surface area contributed by atoms with Crippen LogP contribution in [0.1, 0.15) is 39.5 Å². The Hall–Kier alpha value is -4.56. The molecule has 254 valence electrons. The summed E-state index contributed by atoms with van der Waals surface area (Å²) >= 11 is 3.12. The number of aliphatic hydroxyl groups is 1. The summed E-state index contributed by atoms with van der Waals surface area (Å²) in [5.41, 5.74) is 1.58. The highest BCUT2D eigenvalue weighted by atomic mass is 32.1. The fourth-order valence-electron chi connectivity index (χ4n) is 4.87. The Kier molecular flexibility index (Phi) is 10.7. The minimum absolute atomic E-state index is 0.180. The highest BCUT2D eigenvalue weighted by Gasteiger charge is 2.51. The topological polar surface area (TPSA) is 94.3 Å². The number of benzene rings is 3. The third-order valence-electron chi connectivity index (χ3n) is 7.73. The zero-order valence-electron chi connectivity index (χ0n) is 26.6. The van der Waals surface area contributed by atoms with Crippen LogP contribution in [0, 0.1) is 0 Å². The first-order valence-electron chi connectivity index (χ1n) is 15.5. The van der Waals surface area contributed by atoms with Crippen molar-refractivity contribution < 1.29 is 27.8 Å². The van der Waals surface area contributed by atoms with Gasteiger partial charge in [-0.2, -0.15) is 18.3 Å². The smallest absolute Gasteiger partial charge is 0.421 e. The fourth-order valence-corrected chi connectivity index (χ4v) is 6.39. The lowest BCUT2D eigenvalue weighted by Crippen LogP contribution is -2.39. The van der Waals surface area contributed by atoms with Crippen molar-refractivity contribution in [2.75, 3.05) is 6.54 Å². The average molecular weight is 706 g/mol. The minimum atomic E-state index is -4.78. The van der Waals surface area contributed by atoms with Crippen molar-refractivity contribution in [2.24, 2.45) is 0 Å². The van der Waals surface area contributed by atoms with E-state index < -0.39 is 11.8 Å². The first-order valence-corrected chi connectivity index (χ1v) is 17.3. The molecule has 3 heterocycles. The Bertz CT molecular complexity index is 1920. The van der Waals surface area contributed by atoms with Gasteiger partial charge in [-0.1, -0.05) is 54.6 Å². The lowest BCUT2D eigenvalue weighted by molar-refractivity contribution is -0.258. The number of aromatic nitrogens is 4. The van der Waals surface area contributed by atoms with Crippen LogP contribution in [-0.2, 0) is 38.3 Å². The first-order chi connectivity index (χ1) is 23.6. The fraction of sp³-hybridized carbons (Fsp3) is 0.250. The number of ether oxygens (including phenoxy) is 2. The van der Waals surface area contributed by atoms with Crippen molar-refractivity contribution in [3.8, 4) is 22.8 Å². The van der Waals surface area contributed by atoms with E-state index in [1.165, 1.54) is 35.6 Å². The van der Waals surface area contributed by atoms with Crippen molar-refractivity contribution in [3.05, 3.63) is 134 Å². The number of rotatable bonds is 15. The number of nitrogens with zero attached hydrogens (tertiary/aromatic N) is 4. The van der Waals surface area contributed by atoms with E-state index in [9.17, 15) is 18.3 Å². The molecule has 2 N–H and O–H groups in total. The van der Waals surface area contributed by atoms with Crippen LogP contribution in [0.15, 0.2) is 102 Å². The summed E-state index contributed by atoms with van der Waals surface area (Å²) in [5, 5.41) is 23.8. The Morgan fingerprint density at radius 1 is 0.796 bits per heavy atom. The first kappa shape index (κ1) is 34.3. The van der Waals surface area contributed by atoms with Gasteiger partial charge in [-0.05, 0) is 48.4 Å². The summed E-state index contributed by atoms with van der Waals surface area (Å²) in [5.74, 6) is 1.22. The molecule has 3 aromatic carbocycles. The van der Waals surface area contributed by atoms with Gasteiger partial charge in [0.2, 0.25) is 0 Å². The van der Waals surface area contributed by atoms with Gasteiger partial charge in [0.15, 0.2) is 5.60 Å². The van der Waals surface area contributed by atoms with Crippen LogP contribution in [0.4, 0.5) is 13.2 Å². The lowest BCUT2D eigenvalue weighted by Gasteiger charge is -2.26. The molecule has 0 aliphatic heterocycles. The van der Waals surface area contributed by atoms with Gasteiger partial charge in [0.1, 0.15) is 29.7 Å². The molecule has 8 nitrogen and oxygen atoms in total. The molecule has 49 heavy (non-hydrogen) atoms. The van der Waals surface area contributed by atoms with E-state index in [2.05, 4.69) is 44.9 Å². The van der Waals surface area contributed by atoms with E-state index in [1.54, 1.807) is 11.3 Å². The van der Waals surface area contributed by atoms with E-state index in [-0.39, 0.29) is 12.2 Å². The number of hydrogen-bond donors (Lipinski definition) is 2. The molecule has 0 bridgehead atoms. The average Bonchev–Trinajstić information content (AvgIpc) is 3.87. The molecular weight excluding hydrogens is 672 g/mol. The molecule has 0 saturated heterocycles. The van der Waals surface area contributed by atoms with Gasteiger partial charge in [-0.25, -0.2) is 9.97 Å². The summed E-state index contributed by atoms with van der Waals surface area (Å²) in [6.07, 6.45) is -2.14. The van der Waals surface area contributed by atoms with Gasteiger partial charge in [-0.3, -0.25) is 4.68 Å². The molecule has 0 radical (unpaired) electrons. The van der Waals surface area contributed by atoms with Crippen LogP contribution in [0.2, 0.25) is 0 Å². The maximum atomic E-state index is 13.1. The monoisotopic (exact) mass is 705 g/mol. The summed E-state index contributed by atoms with van der Waals surface area (Å²) in [6, 6.07) is 25.2. The summed E-state index contributed by atoms with van der Waals surface area (Å²) in [7, 11) is 0. The highest BCUT2D eigenvalue weighted by molar-refractivity contribution is 7.09. The summed E-state index contributed by atoms with van der Waals surface area (Å²) < 4.78 is 52.7. The largest absolute Gasteiger partial charge is 0.487 e. The van der Waals surface area contributed by atoms with Gasteiger partial charge in [0, 0.05) is 42.0 Å². The molecule has 0 saturated carbocycles.